The van der Waals surface area contributed by atoms with Crippen molar-refractivity contribution in [1.29, 1.82) is 0 Å². The van der Waals surface area contributed by atoms with Gasteiger partial charge in [-0.3, -0.25) is 0 Å². The van der Waals surface area contributed by atoms with Crippen LogP contribution >= 0.6 is 0 Å². The third-order valence-electron chi connectivity index (χ3n) is 2.77. The minimum Gasteiger partial charge on any atom is -0.545 e. The van der Waals surface area contributed by atoms with Crippen LogP contribution in [0, 0.1) is 5.92 Å². The fourth-order valence-corrected chi connectivity index (χ4v) is 2.86. The zero-order valence-electron chi connectivity index (χ0n) is 10.0. The van der Waals surface area contributed by atoms with E-state index >= 15 is 0 Å². The molecule has 0 unspecified atom stereocenters. The van der Waals surface area contributed by atoms with Crippen molar-refractivity contribution in [2.24, 2.45) is 5.92 Å². The molecule has 1 fully saturated rings. The maximum Gasteiger partial charge on any atom is 0.241 e. The molecule has 2 aliphatic rings. The van der Waals surface area contributed by atoms with Crippen molar-refractivity contribution in [3.8, 4) is 0 Å². The molecule has 0 aromatic heterocycles. The number of hydrogen-bond acceptors (Lipinski definition) is 2. The number of rotatable bonds is 3. The van der Waals surface area contributed by atoms with Gasteiger partial charge in [-0.05, 0) is 39.1 Å². The van der Waals surface area contributed by atoms with Crippen LogP contribution in [-0.4, -0.2) is 20.5 Å². The van der Waals surface area contributed by atoms with E-state index in [9.17, 15) is 0 Å². The Labute approximate surface area is 93.1 Å². The number of hydrogen-bond donors (Lipinski definition) is 0. The second-order valence-corrected chi connectivity index (χ2v) is 10.00. The van der Waals surface area contributed by atoms with E-state index in [1.807, 2.05) is 0 Å². The molecule has 1 heterocycles. The Morgan fingerprint density at radius 3 is 2.73 bits per heavy atom. The van der Waals surface area contributed by atoms with E-state index in [0.717, 1.165) is 12.2 Å². The Balaban J connectivity index is 2.12. The van der Waals surface area contributed by atoms with Gasteiger partial charge < -0.3 is 9.16 Å². The molecule has 84 valence electrons. The number of epoxide rings is 1. The minimum atomic E-state index is -1.50. The summed E-state index contributed by atoms with van der Waals surface area (Å²) in [6, 6.07) is 0. The van der Waals surface area contributed by atoms with Crippen molar-refractivity contribution in [2.75, 3.05) is 0 Å². The average Bonchev–Trinajstić information content (AvgIpc) is 2.79. The largest absolute Gasteiger partial charge is 0.545 e. The molecule has 0 amide bonds. The number of ether oxygens (including phenoxy) is 1. The van der Waals surface area contributed by atoms with Gasteiger partial charge in [0.25, 0.3) is 0 Å². The zero-order chi connectivity index (χ0) is 11.2. The van der Waals surface area contributed by atoms with E-state index in [-0.39, 0.29) is 6.10 Å². The van der Waals surface area contributed by atoms with Crippen LogP contribution in [0.15, 0.2) is 24.0 Å². The molecule has 2 nitrogen and oxygen atoms in total. The van der Waals surface area contributed by atoms with Gasteiger partial charge >= 0.3 is 0 Å². The van der Waals surface area contributed by atoms with Crippen molar-refractivity contribution in [2.45, 2.75) is 45.2 Å². The SMILES string of the molecule is C=C(C)[C@@H]1C=C(O[Si](C)(C)C)[C@@H]2O[C@@H]2C1. The maximum atomic E-state index is 6.05. The molecule has 0 aromatic carbocycles. The van der Waals surface area contributed by atoms with Gasteiger partial charge in [-0.1, -0.05) is 12.2 Å². The van der Waals surface area contributed by atoms with Gasteiger partial charge in [0.1, 0.15) is 11.9 Å². The standard InChI is InChI=1S/C12H20O2Si/c1-8(2)9-6-10-12(13-10)11(7-9)14-15(3,4)5/h7,9-10,12H,1,6H2,2-5H3/t9-,10+,12+/m0/s1. The molecule has 1 saturated heterocycles. The summed E-state index contributed by atoms with van der Waals surface area (Å²) >= 11 is 0. The Kier molecular flexibility index (Phi) is 2.55. The maximum absolute atomic E-state index is 6.05. The van der Waals surface area contributed by atoms with Crippen molar-refractivity contribution < 1.29 is 9.16 Å². The summed E-state index contributed by atoms with van der Waals surface area (Å²) in [6.45, 7) is 12.7. The molecule has 2 rings (SSSR count). The second kappa shape index (κ2) is 3.49. The highest BCUT2D eigenvalue weighted by atomic mass is 28.4. The average molecular weight is 224 g/mol. The molecular formula is C12H20O2Si. The van der Waals surface area contributed by atoms with Gasteiger partial charge in [0.05, 0.1) is 6.10 Å². The fraction of sp³-hybridized carbons (Fsp3) is 0.667. The van der Waals surface area contributed by atoms with E-state index in [1.165, 1.54) is 5.57 Å². The lowest BCUT2D eigenvalue weighted by atomic mass is 9.90. The smallest absolute Gasteiger partial charge is 0.241 e. The van der Waals surface area contributed by atoms with Crippen molar-refractivity contribution in [3.05, 3.63) is 24.0 Å². The summed E-state index contributed by atoms with van der Waals surface area (Å²) in [4.78, 5) is 0. The predicted molar refractivity (Wildman–Crippen MR) is 64.1 cm³/mol. The molecular weight excluding hydrogens is 204 g/mol. The molecule has 1 aliphatic heterocycles. The molecule has 3 atom stereocenters. The summed E-state index contributed by atoms with van der Waals surface area (Å²) in [5, 5.41) is 0. The van der Waals surface area contributed by atoms with Crippen LogP contribution in [0.4, 0.5) is 0 Å². The number of fused-ring (bicyclic) bond motifs is 1. The fourth-order valence-electron chi connectivity index (χ4n) is 1.97. The van der Waals surface area contributed by atoms with Crippen molar-refractivity contribution >= 4 is 8.32 Å². The Bertz CT molecular complexity index is 314. The van der Waals surface area contributed by atoms with E-state index in [2.05, 4.69) is 39.2 Å². The molecule has 15 heavy (non-hydrogen) atoms. The lowest BCUT2D eigenvalue weighted by Gasteiger charge is -2.25. The van der Waals surface area contributed by atoms with Gasteiger partial charge in [-0.2, -0.15) is 0 Å². The zero-order valence-corrected chi connectivity index (χ0v) is 11.0. The summed E-state index contributed by atoms with van der Waals surface area (Å²) in [7, 11) is -1.50. The number of allylic oxidation sites excluding steroid dienone is 2. The van der Waals surface area contributed by atoms with E-state index in [0.29, 0.717) is 12.0 Å². The molecule has 0 bridgehead atoms. The monoisotopic (exact) mass is 224 g/mol. The van der Waals surface area contributed by atoms with Crippen LogP contribution in [0.3, 0.4) is 0 Å². The lowest BCUT2D eigenvalue weighted by molar-refractivity contribution is 0.328. The van der Waals surface area contributed by atoms with Crippen LogP contribution < -0.4 is 0 Å². The first-order valence-corrected chi connectivity index (χ1v) is 8.99. The first-order chi connectivity index (χ1) is 6.87. The van der Waals surface area contributed by atoms with Crippen molar-refractivity contribution in [3.63, 3.8) is 0 Å². The summed E-state index contributed by atoms with van der Waals surface area (Å²) in [6.07, 6.45) is 3.95. The first-order valence-electron chi connectivity index (χ1n) is 5.58. The van der Waals surface area contributed by atoms with Gasteiger partial charge in [0, 0.05) is 5.92 Å². The van der Waals surface area contributed by atoms with Crippen LogP contribution in [0.5, 0.6) is 0 Å². The van der Waals surface area contributed by atoms with Gasteiger partial charge in [0.2, 0.25) is 8.32 Å². The molecule has 1 aliphatic carbocycles. The highest BCUT2D eigenvalue weighted by Crippen LogP contribution is 2.42. The third kappa shape index (κ3) is 2.52. The topological polar surface area (TPSA) is 21.8 Å². The Morgan fingerprint density at radius 1 is 1.53 bits per heavy atom. The summed E-state index contributed by atoms with van der Waals surface area (Å²) in [5.41, 5.74) is 1.21. The molecule has 0 aromatic rings. The lowest BCUT2D eigenvalue weighted by Crippen LogP contribution is -2.28. The van der Waals surface area contributed by atoms with Crippen LogP contribution in [-0.2, 0) is 9.16 Å². The third-order valence-corrected chi connectivity index (χ3v) is 3.62. The van der Waals surface area contributed by atoms with E-state index in [4.69, 9.17) is 9.16 Å². The molecule has 3 heteroatoms. The molecule has 0 spiro atoms. The molecule has 0 N–H and O–H groups in total. The van der Waals surface area contributed by atoms with Crippen molar-refractivity contribution in [1.82, 2.24) is 0 Å². The minimum absolute atomic E-state index is 0.257. The first kappa shape index (κ1) is 11.0. The summed E-state index contributed by atoms with van der Waals surface area (Å²) < 4.78 is 11.7. The quantitative estimate of drug-likeness (QED) is 0.417. The van der Waals surface area contributed by atoms with Gasteiger partial charge in [-0.25, -0.2) is 0 Å². The predicted octanol–water partition coefficient (Wildman–Crippen LogP) is 3.09. The van der Waals surface area contributed by atoms with E-state index < -0.39 is 8.32 Å². The van der Waals surface area contributed by atoms with Gasteiger partial charge in [0.15, 0.2) is 0 Å². The van der Waals surface area contributed by atoms with Crippen LogP contribution in [0.25, 0.3) is 0 Å². The summed E-state index contributed by atoms with van der Waals surface area (Å²) in [5.74, 6) is 1.51. The Hall–Kier alpha value is -0.543. The highest BCUT2D eigenvalue weighted by Gasteiger charge is 2.48. The molecule has 0 saturated carbocycles. The highest BCUT2D eigenvalue weighted by molar-refractivity contribution is 6.70. The van der Waals surface area contributed by atoms with E-state index in [1.54, 1.807) is 0 Å². The Morgan fingerprint density at radius 2 is 2.20 bits per heavy atom. The van der Waals surface area contributed by atoms with Gasteiger partial charge in [-0.15, -0.1) is 0 Å². The molecule has 0 radical (unpaired) electrons. The van der Waals surface area contributed by atoms with Crippen LogP contribution in [0.1, 0.15) is 13.3 Å². The van der Waals surface area contributed by atoms with Crippen LogP contribution in [0.2, 0.25) is 19.6 Å². The second-order valence-electron chi connectivity index (χ2n) is 5.57. The normalized spacial score (nSPS) is 34.1.